The quantitative estimate of drug-likeness (QED) is 0.767. The van der Waals surface area contributed by atoms with Crippen molar-refractivity contribution in [3.8, 4) is 0 Å². The highest BCUT2D eigenvalue weighted by molar-refractivity contribution is 5.80. The first kappa shape index (κ1) is 13.9. The fraction of sp³-hybridized carbons (Fsp3) is 0.462. The molecule has 112 valence electrons. The monoisotopic (exact) mass is 292 g/mol. The van der Waals surface area contributed by atoms with Crippen LogP contribution in [0, 0.1) is 0 Å². The molecule has 8 nitrogen and oxygen atoms in total. The van der Waals surface area contributed by atoms with E-state index in [4.69, 9.17) is 9.84 Å². The van der Waals surface area contributed by atoms with Crippen molar-refractivity contribution in [2.24, 2.45) is 0 Å². The molecule has 2 aromatic heterocycles. The third-order valence-electron chi connectivity index (χ3n) is 3.45. The van der Waals surface area contributed by atoms with Crippen molar-refractivity contribution in [1.82, 2.24) is 19.1 Å². The molecule has 1 N–H and O–H groups in total. The van der Waals surface area contributed by atoms with Crippen molar-refractivity contribution in [1.29, 1.82) is 0 Å². The van der Waals surface area contributed by atoms with E-state index in [2.05, 4.69) is 5.10 Å². The minimum absolute atomic E-state index is 0.0731. The van der Waals surface area contributed by atoms with Gasteiger partial charge in [0.1, 0.15) is 0 Å². The van der Waals surface area contributed by atoms with E-state index in [1.807, 2.05) is 4.90 Å². The summed E-state index contributed by atoms with van der Waals surface area (Å²) in [7, 11) is 0. The summed E-state index contributed by atoms with van der Waals surface area (Å²) in [6, 6.07) is 5.13. The zero-order valence-corrected chi connectivity index (χ0v) is 11.4. The van der Waals surface area contributed by atoms with E-state index in [0.29, 0.717) is 25.3 Å². The van der Waals surface area contributed by atoms with Gasteiger partial charge >= 0.3 is 5.69 Å². The minimum Gasteiger partial charge on any atom is -0.394 e. The molecule has 1 aliphatic heterocycles. The van der Waals surface area contributed by atoms with Crippen LogP contribution in [0.15, 0.2) is 29.2 Å². The average Bonchev–Trinajstić information content (AvgIpc) is 2.85. The van der Waals surface area contributed by atoms with Crippen LogP contribution in [-0.2, 0) is 4.74 Å². The van der Waals surface area contributed by atoms with Crippen molar-refractivity contribution in [3.05, 3.63) is 34.9 Å². The molecule has 2 aromatic rings. The first-order valence-electron chi connectivity index (χ1n) is 6.73. The Morgan fingerprint density at radius 1 is 1.48 bits per heavy atom. The van der Waals surface area contributed by atoms with E-state index < -0.39 is 5.69 Å². The summed E-state index contributed by atoms with van der Waals surface area (Å²) in [5.41, 5.74) is -0.0337. The van der Waals surface area contributed by atoms with Crippen LogP contribution in [-0.4, -0.2) is 69.0 Å². The van der Waals surface area contributed by atoms with Gasteiger partial charge < -0.3 is 9.84 Å². The molecule has 0 aliphatic carbocycles. The van der Waals surface area contributed by atoms with E-state index in [-0.39, 0.29) is 25.2 Å². The molecule has 8 heteroatoms. The Morgan fingerprint density at radius 2 is 2.33 bits per heavy atom. The van der Waals surface area contributed by atoms with Gasteiger partial charge in [-0.15, -0.1) is 9.78 Å². The van der Waals surface area contributed by atoms with E-state index >= 15 is 0 Å². The molecule has 1 atom stereocenters. The van der Waals surface area contributed by atoms with Crippen molar-refractivity contribution >= 4 is 11.6 Å². The zero-order valence-electron chi connectivity index (χ0n) is 11.4. The van der Waals surface area contributed by atoms with Crippen LogP contribution >= 0.6 is 0 Å². The summed E-state index contributed by atoms with van der Waals surface area (Å²) < 4.78 is 7.54. The number of aliphatic hydroxyl groups is 1. The first-order valence-corrected chi connectivity index (χ1v) is 6.73. The maximum Gasteiger partial charge on any atom is 0.357 e. The maximum absolute atomic E-state index is 12.2. The number of carbonyl (C=O) groups is 1. The summed E-state index contributed by atoms with van der Waals surface area (Å²) >= 11 is 0. The molecule has 3 rings (SSSR count). The van der Waals surface area contributed by atoms with Crippen LogP contribution in [0.1, 0.15) is 4.79 Å². The summed E-state index contributed by atoms with van der Waals surface area (Å²) in [4.78, 5) is 26.2. The van der Waals surface area contributed by atoms with Gasteiger partial charge in [-0.3, -0.25) is 9.69 Å². The Hall–Kier alpha value is -2.03. The average molecular weight is 292 g/mol. The molecule has 21 heavy (non-hydrogen) atoms. The maximum atomic E-state index is 12.2. The molecule has 0 bridgehead atoms. The Bertz CT molecular complexity index is 708. The molecule has 3 heterocycles. The van der Waals surface area contributed by atoms with Crippen LogP contribution in [0.4, 0.5) is 0 Å². The van der Waals surface area contributed by atoms with Gasteiger partial charge in [-0.05, 0) is 12.1 Å². The summed E-state index contributed by atoms with van der Waals surface area (Å²) in [5.74, 6) is -0.387. The summed E-state index contributed by atoms with van der Waals surface area (Å²) in [6.07, 6.45) is 1.29. The van der Waals surface area contributed by atoms with E-state index in [1.165, 1.54) is 4.40 Å². The van der Waals surface area contributed by atoms with Gasteiger partial charge in [-0.25, -0.2) is 9.20 Å². The van der Waals surface area contributed by atoms with E-state index in [1.54, 1.807) is 24.4 Å². The van der Waals surface area contributed by atoms with Crippen LogP contribution in [0.5, 0.6) is 0 Å². The standard InChI is InChI=1S/C13H16N4O4/c18-9-10-7-15(5-6-21-10)8-12(19)17-13(20)16-4-2-1-3-11(16)14-17/h1-4,10,18H,5-9H2. The number of hydrogen-bond donors (Lipinski definition) is 1. The number of aliphatic hydroxyl groups excluding tert-OH is 1. The molecule has 1 fully saturated rings. The predicted molar refractivity (Wildman–Crippen MR) is 73.3 cm³/mol. The Balaban J connectivity index is 1.78. The number of morpholine rings is 1. The number of aromatic nitrogens is 3. The van der Waals surface area contributed by atoms with Gasteiger partial charge in [0, 0.05) is 19.3 Å². The number of ether oxygens (including phenoxy) is 1. The lowest BCUT2D eigenvalue weighted by atomic mass is 10.3. The molecule has 0 spiro atoms. The Kier molecular flexibility index (Phi) is 3.82. The fourth-order valence-electron chi connectivity index (χ4n) is 2.38. The number of hydrogen-bond acceptors (Lipinski definition) is 6. The number of rotatable bonds is 3. The molecular formula is C13H16N4O4. The normalized spacial score (nSPS) is 20.0. The smallest absolute Gasteiger partial charge is 0.357 e. The van der Waals surface area contributed by atoms with Gasteiger partial charge in [0.2, 0.25) is 0 Å². The summed E-state index contributed by atoms with van der Waals surface area (Å²) in [5, 5.41) is 13.1. The molecule has 0 amide bonds. The van der Waals surface area contributed by atoms with Gasteiger partial charge in [0.25, 0.3) is 5.91 Å². The molecule has 0 radical (unpaired) electrons. The van der Waals surface area contributed by atoms with Crippen LogP contribution < -0.4 is 5.69 Å². The second-order valence-corrected chi connectivity index (χ2v) is 4.93. The van der Waals surface area contributed by atoms with Crippen LogP contribution in [0.2, 0.25) is 0 Å². The fourth-order valence-corrected chi connectivity index (χ4v) is 2.38. The molecular weight excluding hydrogens is 276 g/mol. The highest BCUT2D eigenvalue weighted by atomic mass is 16.5. The van der Waals surface area contributed by atoms with Gasteiger partial charge in [-0.1, -0.05) is 6.07 Å². The van der Waals surface area contributed by atoms with Gasteiger partial charge in [-0.2, -0.15) is 0 Å². The third-order valence-corrected chi connectivity index (χ3v) is 3.45. The highest BCUT2D eigenvalue weighted by Gasteiger charge is 2.23. The predicted octanol–water partition coefficient (Wildman–Crippen LogP) is -1.17. The lowest BCUT2D eigenvalue weighted by molar-refractivity contribution is -0.0509. The minimum atomic E-state index is -0.470. The lowest BCUT2D eigenvalue weighted by Crippen LogP contribution is -2.47. The second-order valence-electron chi connectivity index (χ2n) is 4.93. The zero-order chi connectivity index (χ0) is 14.8. The lowest BCUT2D eigenvalue weighted by Gasteiger charge is -2.31. The van der Waals surface area contributed by atoms with Crippen molar-refractivity contribution in [2.75, 3.05) is 32.8 Å². The SMILES string of the molecule is O=C(CN1CCOC(CO)C1)n1nc2ccccn2c1=O. The Labute approximate surface area is 120 Å². The van der Waals surface area contributed by atoms with E-state index in [0.717, 1.165) is 4.68 Å². The second kappa shape index (κ2) is 5.76. The largest absolute Gasteiger partial charge is 0.394 e. The molecule has 1 aliphatic rings. The molecule has 1 unspecified atom stereocenters. The highest BCUT2D eigenvalue weighted by Crippen LogP contribution is 2.04. The third kappa shape index (κ3) is 2.73. The van der Waals surface area contributed by atoms with Gasteiger partial charge in [0.15, 0.2) is 5.65 Å². The number of carbonyl (C=O) groups excluding carboxylic acids is 1. The van der Waals surface area contributed by atoms with E-state index in [9.17, 15) is 9.59 Å². The number of fused-ring (bicyclic) bond motifs is 1. The van der Waals surface area contributed by atoms with Gasteiger partial charge in [0.05, 0.1) is 25.9 Å². The van der Waals surface area contributed by atoms with Crippen molar-refractivity contribution in [3.63, 3.8) is 0 Å². The van der Waals surface area contributed by atoms with Crippen molar-refractivity contribution in [2.45, 2.75) is 6.10 Å². The molecule has 0 aromatic carbocycles. The van der Waals surface area contributed by atoms with Crippen LogP contribution in [0.3, 0.4) is 0 Å². The van der Waals surface area contributed by atoms with Crippen molar-refractivity contribution < 1.29 is 14.6 Å². The summed E-state index contributed by atoms with van der Waals surface area (Å²) in [6.45, 7) is 1.50. The number of nitrogens with zero attached hydrogens (tertiary/aromatic N) is 4. The topological polar surface area (TPSA) is 89.1 Å². The molecule has 0 saturated carbocycles. The number of pyridine rings is 1. The van der Waals surface area contributed by atoms with Crippen LogP contribution in [0.25, 0.3) is 5.65 Å². The first-order chi connectivity index (χ1) is 10.2. The Morgan fingerprint density at radius 3 is 3.10 bits per heavy atom. The molecule has 1 saturated heterocycles.